The van der Waals surface area contributed by atoms with Gasteiger partial charge in [-0.25, -0.2) is 4.99 Å². The molecular formula is C20H24N4O. The van der Waals surface area contributed by atoms with Crippen molar-refractivity contribution in [2.24, 2.45) is 4.99 Å². The maximum atomic E-state index is 12.2. The second-order valence-corrected chi connectivity index (χ2v) is 6.36. The Labute approximate surface area is 148 Å². The van der Waals surface area contributed by atoms with Gasteiger partial charge < -0.3 is 15.5 Å². The molecule has 0 aliphatic carbocycles. The molecule has 1 heterocycles. The summed E-state index contributed by atoms with van der Waals surface area (Å²) in [6.07, 6.45) is 0.737. The first-order chi connectivity index (χ1) is 12.1. The van der Waals surface area contributed by atoms with E-state index >= 15 is 0 Å². The van der Waals surface area contributed by atoms with Crippen LogP contribution in [-0.2, 0) is 11.3 Å². The first-order valence-electron chi connectivity index (χ1n) is 8.54. The van der Waals surface area contributed by atoms with Gasteiger partial charge in [-0.2, -0.15) is 0 Å². The standard InChI is InChI=1S/C20H24N4O/c1-24(2)20(22-14-15-8-4-3-5-9-15)21-13-12-17-16-10-6-7-11-18(16)23-19(17)25/h3-11,17H,12-14H2,1-2H3,(H,21,22)(H,23,25). The Balaban J connectivity index is 1.58. The number of para-hydroxylation sites is 1. The van der Waals surface area contributed by atoms with Crippen LogP contribution >= 0.6 is 0 Å². The largest absolute Gasteiger partial charge is 0.356 e. The molecule has 0 fully saturated rings. The van der Waals surface area contributed by atoms with E-state index in [1.54, 1.807) is 0 Å². The average molecular weight is 336 g/mol. The molecule has 2 aromatic carbocycles. The van der Waals surface area contributed by atoms with E-state index in [2.05, 4.69) is 27.8 Å². The molecule has 2 N–H and O–H groups in total. The molecule has 25 heavy (non-hydrogen) atoms. The molecule has 1 unspecified atom stereocenters. The SMILES string of the molecule is CN(C)C(=NCc1ccccc1)NCCC1C(=O)Nc2ccccc21. The zero-order valence-corrected chi connectivity index (χ0v) is 14.7. The van der Waals surface area contributed by atoms with Crippen LogP contribution in [0.15, 0.2) is 59.6 Å². The summed E-state index contributed by atoms with van der Waals surface area (Å²) < 4.78 is 0. The van der Waals surface area contributed by atoms with Crippen LogP contribution < -0.4 is 10.6 Å². The van der Waals surface area contributed by atoms with Gasteiger partial charge in [-0.05, 0) is 23.6 Å². The van der Waals surface area contributed by atoms with Crippen LogP contribution in [0.25, 0.3) is 0 Å². The number of anilines is 1. The Kier molecular flexibility index (Phi) is 5.33. The Morgan fingerprint density at radius 1 is 1.12 bits per heavy atom. The van der Waals surface area contributed by atoms with Crippen LogP contribution in [0.4, 0.5) is 5.69 Å². The van der Waals surface area contributed by atoms with E-state index < -0.39 is 0 Å². The van der Waals surface area contributed by atoms with Crippen LogP contribution in [0.2, 0.25) is 0 Å². The molecule has 1 aliphatic rings. The third-order valence-electron chi connectivity index (χ3n) is 4.30. The number of hydrogen-bond donors (Lipinski definition) is 2. The van der Waals surface area contributed by atoms with Crippen molar-refractivity contribution < 1.29 is 4.79 Å². The predicted octanol–water partition coefficient (Wildman–Crippen LogP) is 2.82. The van der Waals surface area contributed by atoms with Crippen molar-refractivity contribution in [2.75, 3.05) is 26.0 Å². The second-order valence-electron chi connectivity index (χ2n) is 6.36. The zero-order valence-electron chi connectivity index (χ0n) is 14.7. The number of fused-ring (bicyclic) bond motifs is 1. The van der Waals surface area contributed by atoms with Gasteiger partial charge in [-0.3, -0.25) is 4.79 Å². The number of amides is 1. The lowest BCUT2D eigenvalue weighted by Crippen LogP contribution is -2.37. The minimum atomic E-state index is -0.0961. The fourth-order valence-corrected chi connectivity index (χ4v) is 3.00. The highest BCUT2D eigenvalue weighted by Crippen LogP contribution is 2.33. The van der Waals surface area contributed by atoms with Crippen LogP contribution in [0.5, 0.6) is 0 Å². The lowest BCUT2D eigenvalue weighted by atomic mass is 9.97. The molecule has 1 atom stereocenters. The number of hydrogen-bond acceptors (Lipinski definition) is 2. The molecule has 1 amide bonds. The maximum Gasteiger partial charge on any atom is 0.232 e. The highest BCUT2D eigenvalue weighted by Gasteiger charge is 2.29. The second kappa shape index (κ2) is 7.83. The normalized spacial score (nSPS) is 16.3. The molecule has 0 bridgehead atoms. The average Bonchev–Trinajstić information content (AvgIpc) is 2.94. The van der Waals surface area contributed by atoms with Crippen LogP contribution in [0, 0.1) is 0 Å². The van der Waals surface area contributed by atoms with E-state index in [9.17, 15) is 4.79 Å². The van der Waals surface area contributed by atoms with Crippen molar-refractivity contribution in [3.8, 4) is 0 Å². The summed E-state index contributed by atoms with van der Waals surface area (Å²) in [4.78, 5) is 18.8. The highest BCUT2D eigenvalue weighted by molar-refractivity contribution is 6.02. The fraction of sp³-hybridized carbons (Fsp3) is 0.300. The summed E-state index contributed by atoms with van der Waals surface area (Å²) in [6.45, 7) is 1.33. The van der Waals surface area contributed by atoms with E-state index in [-0.39, 0.29) is 11.8 Å². The number of nitrogens with zero attached hydrogens (tertiary/aromatic N) is 2. The number of carbonyl (C=O) groups excluding carboxylic acids is 1. The molecule has 1 aliphatic heterocycles. The minimum absolute atomic E-state index is 0.0793. The molecule has 5 heteroatoms. The molecule has 5 nitrogen and oxygen atoms in total. The Bertz CT molecular complexity index is 755. The van der Waals surface area contributed by atoms with E-state index in [1.165, 1.54) is 5.56 Å². The summed E-state index contributed by atoms with van der Waals surface area (Å²) in [5.74, 6) is 0.812. The van der Waals surface area contributed by atoms with Crippen LogP contribution in [0.1, 0.15) is 23.5 Å². The van der Waals surface area contributed by atoms with Gasteiger partial charge in [-0.1, -0.05) is 48.5 Å². The Morgan fingerprint density at radius 3 is 2.60 bits per heavy atom. The fourth-order valence-electron chi connectivity index (χ4n) is 3.00. The summed E-state index contributed by atoms with van der Waals surface area (Å²) in [5, 5.41) is 6.31. The van der Waals surface area contributed by atoms with Gasteiger partial charge in [0.1, 0.15) is 0 Å². The van der Waals surface area contributed by atoms with Crippen molar-refractivity contribution in [3.05, 3.63) is 65.7 Å². The number of nitrogens with one attached hydrogen (secondary N) is 2. The Hall–Kier alpha value is -2.82. The molecular weight excluding hydrogens is 312 g/mol. The maximum absolute atomic E-state index is 12.2. The predicted molar refractivity (Wildman–Crippen MR) is 102 cm³/mol. The van der Waals surface area contributed by atoms with Gasteiger partial charge in [0, 0.05) is 26.3 Å². The van der Waals surface area contributed by atoms with Gasteiger partial charge in [-0.15, -0.1) is 0 Å². The third-order valence-corrected chi connectivity index (χ3v) is 4.30. The van der Waals surface area contributed by atoms with Crippen molar-refractivity contribution in [3.63, 3.8) is 0 Å². The van der Waals surface area contributed by atoms with Crippen molar-refractivity contribution in [1.29, 1.82) is 0 Å². The van der Waals surface area contributed by atoms with Gasteiger partial charge in [0.05, 0.1) is 12.5 Å². The highest BCUT2D eigenvalue weighted by atomic mass is 16.2. The lowest BCUT2D eigenvalue weighted by Gasteiger charge is -2.18. The molecule has 0 saturated heterocycles. The lowest BCUT2D eigenvalue weighted by molar-refractivity contribution is -0.117. The van der Waals surface area contributed by atoms with Gasteiger partial charge >= 0.3 is 0 Å². The first kappa shape index (κ1) is 17.0. The summed E-state index contributed by atoms with van der Waals surface area (Å²) >= 11 is 0. The van der Waals surface area contributed by atoms with Crippen molar-refractivity contribution >= 4 is 17.6 Å². The smallest absolute Gasteiger partial charge is 0.232 e. The van der Waals surface area contributed by atoms with Crippen LogP contribution in [0.3, 0.4) is 0 Å². The van der Waals surface area contributed by atoms with E-state index in [0.717, 1.165) is 23.6 Å². The minimum Gasteiger partial charge on any atom is -0.356 e. The number of carbonyl (C=O) groups is 1. The van der Waals surface area contributed by atoms with E-state index in [0.29, 0.717) is 13.1 Å². The summed E-state index contributed by atoms with van der Waals surface area (Å²) in [6, 6.07) is 18.1. The molecule has 0 aromatic heterocycles. The number of guanidine groups is 1. The first-order valence-corrected chi connectivity index (χ1v) is 8.54. The van der Waals surface area contributed by atoms with Crippen molar-refractivity contribution in [2.45, 2.75) is 18.9 Å². The summed E-state index contributed by atoms with van der Waals surface area (Å²) in [5.41, 5.74) is 3.19. The number of rotatable bonds is 5. The molecule has 130 valence electrons. The van der Waals surface area contributed by atoms with Gasteiger partial charge in [0.25, 0.3) is 0 Å². The third kappa shape index (κ3) is 4.18. The zero-order chi connectivity index (χ0) is 17.6. The number of benzene rings is 2. The van der Waals surface area contributed by atoms with Gasteiger partial charge in [0.2, 0.25) is 5.91 Å². The van der Waals surface area contributed by atoms with E-state index in [4.69, 9.17) is 0 Å². The van der Waals surface area contributed by atoms with Crippen LogP contribution in [-0.4, -0.2) is 37.4 Å². The molecule has 0 spiro atoms. The van der Waals surface area contributed by atoms with Crippen molar-refractivity contribution in [1.82, 2.24) is 10.2 Å². The van der Waals surface area contributed by atoms with Gasteiger partial charge in [0.15, 0.2) is 5.96 Å². The quantitative estimate of drug-likeness (QED) is 0.652. The topological polar surface area (TPSA) is 56.7 Å². The molecule has 2 aromatic rings. The molecule has 0 radical (unpaired) electrons. The molecule has 3 rings (SSSR count). The summed E-state index contributed by atoms with van der Waals surface area (Å²) in [7, 11) is 3.93. The van der Waals surface area contributed by atoms with E-state index in [1.807, 2.05) is 61.5 Å². The monoisotopic (exact) mass is 336 g/mol. The Morgan fingerprint density at radius 2 is 1.84 bits per heavy atom. The molecule has 0 saturated carbocycles. The number of aliphatic imine (C=N–C) groups is 1.